The van der Waals surface area contributed by atoms with Gasteiger partial charge >= 0.3 is 5.97 Å². The lowest BCUT2D eigenvalue weighted by Gasteiger charge is -2.05. The Bertz CT molecular complexity index is 668. The number of amides is 1. The van der Waals surface area contributed by atoms with Gasteiger partial charge in [-0.05, 0) is 19.9 Å². The largest absolute Gasteiger partial charge is 0.476 e. The van der Waals surface area contributed by atoms with Gasteiger partial charge < -0.3 is 10.4 Å². The molecule has 0 bridgehead atoms. The molecule has 2 aromatic rings. The molecule has 2 N–H and O–H groups in total. The average Bonchev–Trinajstić information content (AvgIpc) is 2.88. The van der Waals surface area contributed by atoms with E-state index in [0.717, 1.165) is 0 Å². The molecule has 0 aliphatic heterocycles. The van der Waals surface area contributed by atoms with Crippen molar-refractivity contribution in [3.05, 3.63) is 39.1 Å². The van der Waals surface area contributed by atoms with Crippen molar-refractivity contribution >= 4 is 23.2 Å². The summed E-state index contributed by atoms with van der Waals surface area (Å²) in [5.74, 6) is -1.36. The molecular formula is C12H12N4O3S. The fourth-order valence-electron chi connectivity index (χ4n) is 1.52. The van der Waals surface area contributed by atoms with Crippen LogP contribution in [0.2, 0.25) is 0 Å². The first-order valence-corrected chi connectivity index (χ1v) is 6.62. The van der Waals surface area contributed by atoms with E-state index in [9.17, 15) is 9.59 Å². The molecule has 0 saturated carbocycles. The van der Waals surface area contributed by atoms with Crippen molar-refractivity contribution < 1.29 is 14.7 Å². The summed E-state index contributed by atoms with van der Waals surface area (Å²) in [5, 5.41) is 21.2. The maximum atomic E-state index is 12.0. The van der Waals surface area contributed by atoms with Crippen LogP contribution in [-0.4, -0.2) is 32.2 Å². The Morgan fingerprint density at radius 2 is 2.10 bits per heavy atom. The number of rotatable bonds is 4. The van der Waals surface area contributed by atoms with Crippen molar-refractivity contribution in [3.8, 4) is 0 Å². The average molecular weight is 292 g/mol. The van der Waals surface area contributed by atoms with Crippen molar-refractivity contribution in [1.29, 1.82) is 0 Å². The molecule has 1 amide bonds. The summed E-state index contributed by atoms with van der Waals surface area (Å²) in [6.45, 7) is 3.63. The molecule has 0 aromatic carbocycles. The zero-order valence-electron chi connectivity index (χ0n) is 10.9. The smallest absolute Gasteiger partial charge is 0.355 e. The van der Waals surface area contributed by atoms with Crippen LogP contribution in [0.3, 0.4) is 0 Å². The molecule has 0 aliphatic rings. The third-order valence-electron chi connectivity index (χ3n) is 2.52. The highest BCUT2D eigenvalue weighted by molar-refractivity contribution is 7.09. The first kappa shape index (κ1) is 14.1. The summed E-state index contributed by atoms with van der Waals surface area (Å²) < 4.78 is 0. The summed E-state index contributed by atoms with van der Waals surface area (Å²) >= 11 is 1.19. The minimum Gasteiger partial charge on any atom is -0.476 e. The topological polar surface area (TPSA) is 105 Å². The normalized spacial score (nSPS) is 10.3. The molecule has 104 valence electrons. The number of thiazole rings is 1. The summed E-state index contributed by atoms with van der Waals surface area (Å²) in [4.78, 5) is 26.6. The van der Waals surface area contributed by atoms with Gasteiger partial charge in [-0.15, -0.1) is 11.3 Å². The van der Waals surface area contributed by atoms with E-state index in [0.29, 0.717) is 22.0 Å². The number of aromatic nitrogens is 3. The van der Waals surface area contributed by atoms with Crippen LogP contribution in [0.4, 0.5) is 0 Å². The summed E-state index contributed by atoms with van der Waals surface area (Å²) in [7, 11) is 0. The Labute approximate surface area is 118 Å². The second kappa shape index (κ2) is 5.74. The van der Waals surface area contributed by atoms with Crippen LogP contribution in [0.5, 0.6) is 0 Å². The first-order valence-electron chi connectivity index (χ1n) is 5.74. The number of nitrogens with one attached hydrogen (secondary N) is 1. The molecule has 0 radical (unpaired) electrons. The molecule has 0 spiro atoms. The Kier molecular flexibility index (Phi) is 4.04. The van der Waals surface area contributed by atoms with Crippen LogP contribution in [0.1, 0.15) is 37.2 Å². The standard InChI is InChI=1S/C12H12N4O3S/c1-6-3-8(7(2)16-15-6)11(17)13-4-10-14-9(5-20-10)12(18)19/h3,5H,4H2,1-2H3,(H,13,17)(H,18,19). The zero-order chi connectivity index (χ0) is 14.7. The van der Waals surface area contributed by atoms with E-state index in [-0.39, 0.29) is 18.1 Å². The Morgan fingerprint density at radius 3 is 2.75 bits per heavy atom. The highest BCUT2D eigenvalue weighted by atomic mass is 32.1. The number of aryl methyl sites for hydroxylation is 2. The lowest BCUT2D eigenvalue weighted by Crippen LogP contribution is -2.24. The predicted molar refractivity (Wildman–Crippen MR) is 71.7 cm³/mol. The minimum atomic E-state index is -1.08. The fraction of sp³-hybridized carbons (Fsp3) is 0.250. The number of nitrogens with zero attached hydrogens (tertiary/aromatic N) is 3. The fourth-order valence-corrected chi connectivity index (χ4v) is 2.23. The number of aromatic carboxylic acids is 1. The van der Waals surface area contributed by atoms with Gasteiger partial charge in [0.2, 0.25) is 0 Å². The molecule has 0 fully saturated rings. The molecule has 7 nitrogen and oxygen atoms in total. The Morgan fingerprint density at radius 1 is 1.35 bits per heavy atom. The first-order chi connectivity index (χ1) is 9.47. The van der Waals surface area contributed by atoms with Crippen LogP contribution in [0.25, 0.3) is 0 Å². The molecule has 8 heteroatoms. The molecular weight excluding hydrogens is 280 g/mol. The lowest BCUT2D eigenvalue weighted by molar-refractivity contribution is 0.0691. The van der Waals surface area contributed by atoms with Gasteiger partial charge in [-0.25, -0.2) is 9.78 Å². The van der Waals surface area contributed by atoms with Crippen molar-refractivity contribution in [3.63, 3.8) is 0 Å². The highest BCUT2D eigenvalue weighted by Crippen LogP contribution is 2.10. The quantitative estimate of drug-likeness (QED) is 0.876. The van der Waals surface area contributed by atoms with Crippen LogP contribution in [0.15, 0.2) is 11.4 Å². The molecule has 2 heterocycles. The van der Waals surface area contributed by atoms with Crippen LogP contribution in [0, 0.1) is 13.8 Å². The van der Waals surface area contributed by atoms with E-state index < -0.39 is 5.97 Å². The number of carbonyl (C=O) groups excluding carboxylic acids is 1. The summed E-state index contributed by atoms with van der Waals surface area (Å²) in [6.07, 6.45) is 0. The number of carbonyl (C=O) groups is 2. The van der Waals surface area contributed by atoms with E-state index in [1.165, 1.54) is 16.7 Å². The zero-order valence-corrected chi connectivity index (χ0v) is 11.7. The number of carboxylic acids is 1. The van der Waals surface area contributed by atoms with E-state index in [2.05, 4.69) is 20.5 Å². The predicted octanol–water partition coefficient (Wildman–Crippen LogP) is 1.18. The van der Waals surface area contributed by atoms with E-state index in [4.69, 9.17) is 5.11 Å². The van der Waals surface area contributed by atoms with Crippen molar-refractivity contribution in [2.24, 2.45) is 0 Å². The molecule has 0 atom stereocenters. The molecule has 2 rings (SSSR count). The van der Waals surface area contributed by atoms with Gasteiger partial charge in [-0.3, -0.25) is 4.79 Å². The van der Waals surface area contributed by atoms with Crippen LogP contribution in [-0.2, 0) is 6.54 Å². The van der Waals surface area contributed by atoms with E-state index in [1.807, 2.05) is 0 Å². The van der Waals surface area contributed by atoms with Gasteiger partial charge in [0, 0.05) is 5.38 Å². The van der Waals surface area contributed by atoms with Gasteiger partial charge in [-0.1, -0.05) is 0 Å². The van der Waals surface area contributed by atoms with Gasteiger partial charge in [0.25, 0.3) is 5.91 Å². The molecule has 0 aliphatic carbocycles. The minimum absolute atomic E-state index is 0.0168. The number of hydrogen-bond donors (Lipinski definition) is 2. The summed E-state index contributed by atoms with van der Waals surface area (Å²) in [5.41, 5.74) is 1.63. The maximum absolute atomic E-state index is 12.0. The van der Waals surface area contributed by atoms with Gasteiger partial charge in [0.05, 0.1) is 23.5 Å². The number of carboxylic acid groups (broad SMARTS) is 1. The molecule has 0 saturated heterocycles. The maximum Gasteiger partial charge on any atom is 0.355 e. The second-order valence-electron chi connectivity index (χ2n) is 4.10. The van der Waals surface area contributed by atoms with Crippen LogP contribution >= 0.6 is 11.3 Å². The SMILES string of the molecule is Cc1cc(C(=O)NCc2nc(C(=O)O)cs2)c(C)nn1. The second-order valence-corrected chi connectivity index (χ2v) is 5.04. The van der Waals surface area contributed by atoms with Gasteiger partial charge in [-0.2, -0.15) is 10.2 Å². The monoisotopic (exact) mass is 292 g/mol. The van der Waals surface area contributed by atoms with Crippen LogP contribution < -0.4 is 5.32 Å². The molecule has 2 aromatic heterocycles. The number of hydrogen-bond acceptors (Lipinski definition) is 6. The van der Waals surface area contributed by atoms with Gasteiger partial charge in [0.15, 0.2) is 5.69 Å². The van der Waals surface area contributed by atoms with Crippen molar-refractivity contribution in [2.75, 3.05) is 0 Å². The third kappa shape index (κ3) is 3.15. The van der Waals surface area contributed by atoms with Crippen molar-refractivity contribution in [1.82, 2.24) is 20.5 Å². The van der Waals surface area contributed by atoms with Gasteiger partial charge in [0.1, 0.15) is 5.01 Å². The van der Waals surface area contributed by atoms with E-state index in [1.54, 1.807) is 19.9 Å². The van der Waals surface area contributed by atoms with E-state index >= 15 is 0 Å². The molecule has 20 heavy (non-hydrogen) atoms. The van der Waals surface area contributed by atoms with Crippen molar-refractivity contribution in [2.45, 2.75) is 20.4 Å². The Hall–Kier alpha value is -2.35. The highest BCUT2D eigenvalue weighted by Gasteiger charge is 2.13. The third-order valence-corrected chi connectivity index (χ3v) is 3.37. The summed E-state index contributed by atoms with van der Waals surface area (Å²) in [6, 6.07) is 1.65. The molecule has 0 unspecified atom stereocenters. The Balaban J connectivity index is 2.04. The lowest BCUT2D eigenvalue weighted by atomic mass is 10.2.